The number of benzene rings is 3. The lowest BCUT2D eigenvalue weighted by Crippen LogP contribution is -2.21. The highest BCUT2D eigenvalue weighted by Crippen LogP contribution is 2.42. The molecule has 0 radical (unpaired) electrons. The monoisotopic (exact) mass is 568 g/mol. The average Bonchev–Trinajstić information content (AvgIpc) is 2.80. The van der Waals surface area contributed by atoms with Gasteiger partial charge < -0.3 is 19.0 Å². The van der Waals surface area contributed by atoms with Gasteiger partial charge >= 0.3 is 11.3 Å². The molecule has 0 aliphatic rings. The molecule has 0 saturated heterocycles. The number of fused-ring (bicyclic) bond motifs is 2. The average molecular weight is 570 g/mol. The topological polar surface area (TPSA) is 101 Å². The molecule has 2 heterocycles. The van der Waals surface area contributed by atoms with Crippen molar-refractivity contribution in [2.24, 2.45) is 0 Å². The molecule has 0 aliphatic heterocycles. The van der Waals surface area contributed by atoms with Crippen molar-refractivity contribution in [1.82, 2.24) is 0 Å². The van der Waals surface area contributed by atoms with Crippen molar-refractivity contribution in [2.75, 3.05) is 0 Å². The third-order valence-electron chi connectivity index (χ3n) is 5.46. The fraction of sp³-hybridized carbons (Fsp3) is 0.0400. The smallest absolute Gasteiger partial charge is 0.344 e. The van der Waals surface area contributed by atoms with Gasteiger partial charge in [-0.25, -0.2) is 9.59 Å². The molecule has 33 heavy (non-hydrogen) atoms. The van der Waals surface area contributed by atoms with E-state index in [4.69, 9.17) is 8.83 Å². The molecule has 2 N–H and O–H groups in total. The molecule has 0 fully saturated rings. The van der Waals surface area contributed by atoms with Gasteiger partial charge in [-0.05, 0) is 42.0 Å². The Kier molecular flexibility index (Phi) is 5.34. The van der Waals surface area contributed by atoms with Crippen LogP contribution in [0.25, 0.3) is 21.9 Å². The summed E-state index contributed by atoms with van der Waals surface area (Å²) in [4.78, 5) is 26.2. The zero-order valence-electron chi connectivity index (χ0n) is 16.7. The zero-order valence-corrected chi connectivity index (χ0v) is 19.9. The lowest BCUT2D eigenvalue weighted by atomic mass is 9.84. The first kappa shape index (κ1) is 21.5. The second kappa shape index (κ2) is 8.20. The normalized spacial score (nSPS) is 11.5. The highest BCUT2D eigenvalue weighted by atomic mass is 79.9. The van der Waals surface area contributed by atoms with E-state index in [1.165, 1.54) is 0 Å². The molecule has 0 atom stereocenters. The summed E-state index contributed by atoms with van der Waals surface area (Å²) in [5, 5.41) is 22.9. The van der Waals surface area contributed by atoms with Crippen molar-refractivity contribution in [3.05, 3.63) is 113 Å². The molecule has 5 aromatic rings. The van der Waals surface area contributed by atoms with Crippen LogP contribution in [-0.4, -0.2) is 10.2 Å². The summed E-state index contributed by atoms with van der Waals surface area (Å²) in [7, 11) is 0. The van der Waals surface area contributed by atoms with Gasteiger partial charge in [0.15, 0.2) is 0 Å². The third-order valence-corrected chi connectivity index (χ3v) is 6.45. The van der Waals surface area contributed by atoms with Crippen molar-refractivity contribution in [1.29, 1.82) is 0 Å². The van der Waals surface area contributed by atoms with E-state index in [0.29, 0.717) is 14.5 Å². The van der Waals surface area contributed by atoms with Crippen molar-refractivity contribution in [3.8, 4) is 11.5 Å². The van der Waals surface area contributed by atoms with Crippen LogP contribution < -0.4 is 11.3 Å². The maximum Gasteiger partial charge on any atom is 0.344 e. The Morgan fingerprint density at radius 3 is 1.58 bits per heavy atom. The highest BCUT2D eigenvalue weighted by molar-refractivity contribution is 9.10. The van der Waals surface area contributed by atoms with E-state index in [-0.39, 0.29) is 44.6 Å². The van der Waals surface area contributed by atoms with Crippen LogP contribution in [0.1, 0.15) is 22.6 Å². The fourth-order valence-corrected chi connectivity index (χ4v) is 4.70. The number of aromatic hydroxyl groups is 2. The quantitative estimate of drug-likeness (QED) is 0.258. The molecular weight excluding hydrogens is 556 g/mol. The van der Waals surface area contributed by atoms with Gasteiger partial charge in [0.1, 0.15) is 22.7 Å². The molecule has 6 nitrogen and oxygen atoms in total. The fourth-order valence-electron chi connectivity index (χ4n) is 3.98. The first-order valence-electron chi connectivity index (χ1n) is 9.80. The minimum absolute atomic E-state index is 0.177. The lowest BCUT2D eigenvalue weighted by molar-refractivity contribution is 0.441. The predicted molar refractivity (Wildman–Crippen MR) is 131 cm³/mol. The van der Waals surface area contributed by atoms with E-state index in [9.17, 15) is 19.8 Å². The summed E-state index contributed by atoms with van der Waals surface area (Å²) in [5.41, 5.74) is -1.14. The van der Waals surface area contributed by atoms with Gasteiger partial charge in [-0.15, -0.1) is 0 Å². The first-order chi connectivity index (χ1) is 15.8. The third kappa shape index (κ3) is 3.65. The van der Waals surface area contributed by atoms with E-state index in [2.05, 4.69) is 31.9 Å². The van der Waals surface area contributed by atoms with Gasteiger partial charge in [0, 0.05) is 8.95 Å². The van der Waals surface area contributed by atoms with Crippen LogP contribution in [0.5, 0.6) is 11.5 Å². The van der Waals surface area contributed by atoms with Crippen LogP contribution in [0, 0.1) is 0 Å². The van der Waals surface area contributed by atoms with Crippen molar-refractivity contribution in [2.45, 2.75) is 5.92 Å². The molecule has 0 saturated carbocycles. The minimum Gasteiger partial charge on any atom is -0.507 e. The van der Waals surface area contributed by atoms with Gasteiger partial charge in [0.05, 0.1) is 27.8 Å². The Balaban J connectivity index is 1.91. The Morgan fingerprint density at radius 1 is 0.667 bits per heavy atom. The molecule has 5 rings (SSSR count). The minimum atomic E-state index is -1.15. The maximum absolute atomic E-state index is 13.1. The van der Waals surface area contributed by atoms with Crippen molar-refractivity contribution in [3.63, 3.8) is 0 Å². The number of rotatable bonds is 3. The molecule has 0 amide bonds. The molecule has 0 aliphatic carbocycles. The summed E-state index contributed by atoms with van der Waals surface area (Å²) in [6.07, 6.45) is 0. The SMILES string of the molecule is O=c1oc2ccc(Br)cc2c(O)c1C(c1ccccc1)c1c(O)c2cc(Br)ccc2oc1=O. The van der Waals surface area contributed by atoms with Crippen LogP contribution in [0.3, 0.4) is 0 Å². The second-order valence-corrected chi connectivity index (χ2v) is 9.26. The van der Waals surface area contributed by atoms with Gasteiger partial charge in [-0.3, -0.25) is 0 Å². The van der Waals surface area contributed by atoms with E-state index in [1.54, 1.807) is 66.7 Å². The van der Waals surface area contributed by atoms with Crippen LogP contribution in [0.4, 0.5) is 0 Å². The van der Waals surface area contributed by atoms with E-state index < -0.39 is 17.2 Å². The Hall–Kier alpha value is -3.36. The lowest BCUT2D eigenvalue weighted by Gasteiger charge is -2.19. The van der Waals surface area contributed by atoms with E-state index >= 15 is 0 Å². The number of hydrogen-bond acceptors (Lipinski definition) is 6. The molecule has 2 aromatic heterocycles. The van der Waals surface area contributed by atoms with Crippen LogP contribution in [0.2, 0.25) is 0 Å². The molecule has 0 bridgehead atoms. The van der Waals surface area contributed by atoms with Gasteiger partial charge in [-0.1, -0.05) is 62.2 Å². The van der Waals surface area contributed by atoms with Gasteiger partial charge in [0.25, 0.3) is 0 Å². The Labute approximate surface area is 203 Å². The van der Waals surface area contributed by atoms with Gasteiger partial charge in [-0.2, -0.15) is 0 Å². The summed E-state index contributed by atoms with van der Waals surface area (Å²) in [6, 6.07) is 18.3. The first-order valence-corrected chi connectivity index (χ1v) is 11.4. The summed E-state index contributed by atoms with van der Waals surface area (Å²) in [5.74, 6) is -1.83. The van der Waals surface area contributed by atoms with Crippen LogP contribution in [0.15, 0.2) is 94.1 Å². The summed E-state index contributed by atoms with van der Waals surface area (Å²) >= 11 is 6.71. The molecule has 8 heteroatoms. The standard InChI is InChI=1S/C25H14Br2O6/c26-13-6-8-17-15(10-13)22(28)20(24(30)32-17)19(12-4-2-1-3-5-12)21-23(29)16-11-14(27)7-9-18(16)33-25(21)31/h1-11,19,28-29H. The van der Waals surface area contributed by atoms with Crippen LogP contribution in [-0.2, 0) is 0 Å². The van der Waals surface area contributed by atoms with Crippen molar-refractivity contribution < 1.29 is 19.0 Å². The highest BCUT2D eigenvalue weighted by Gasteiger charge is 2.32. The Bertz CT molecular complexity index is 1550. The molecular formula is C25H14Br2O6. The van der Waals surface area contributed by atoms with E-state index in [0.717, 1.165) is 0 Å². The molecule has 0 spiro atoms. The van der Waals surface area contributed by atoms with Crippen LogP contribution >= 0.6 is 31.9 Å². The number of halogens is 2. The maximum atomic E-state index is 13.1. The molecule has 3 aromatic carbocycles. The largest absolute Gasteiger partial charge is 0.507 e. The van der Waals surface area contributed by atoms with E-state index in [1.807, 2.05) is 0 Å². The predicted octanol–water partition coefficient (Wildman–Crippen LogP) is 6.02. The zero-order chi connectivity index (χ0) is 23.3. The molecule has 0 unspecified atom stereocenters. The number of hydrogen-bond donors (Lipinski definition) is 2. The second-order valence-electron chi connectivity index (χ2n) is 7.43. The summed E-state index contributed by atoms with van der Waals surface area (Å²) in [6.45, 7) is 0. The van der Waals surface area contributed by atoms with Crippen molar-refractivity contribution >= 4 is 53.8 Å². The molecule has 164 valence electrons. The summed E-state index contributed by atoms with van der Waals surface area (Å²) < 4.78 is 12.3. The Morgan fingerprint density at radius 2 is 1.12 bits per heavy atom. The van der Waals surface area contributed by atoms with Gasteiger partial charge in [0.2, 0.25) is 0 Å².